The zero-order chi connectivity index (χ0) is 23.2. The Hall–Kier alpha value is -2.69. The van der Waals surface area contributed by atoms with Crippen LogP contribution in [0.2, 0.25) is 0 Å². The number of benzene rings is 1. The van der Waals surface area contributed by atoms with E-state index in [-0.39, 0.29) is 23.7 Å². The predicted octanol–water partition coefficient (Wildman–Crippen LogP) is 4.71. The Morgan fingerprint density at radius 2 is 2.15 bits per heavy atom. The van der Waals surface area contributed by atoms with E-state index < -0.39 is 0 Å². The molecular weight excluding hydrogens is 412 g/mol. The number of nitrogens with one attached hydrogen (secondary N) is 1. The maximum Gasteiger partial charge on any atom is 0.220 e. The van der Waals surface area contributed by atoms with E-state index in [1.807, 2.05) is 18.2 Å². The summed E-state index contributed by atoms with van der Waals surface area (Å²) in [5, 5.41) is 13.3. The number of hydrogen-bond donors (Lipinski definition) is 2. The van der Waals surface area contributed by atoms with Crippen LogP contribution in [0.5, 0.6) is 5.75 Å². The lowest BCUT2D eigenvalue weighted by Crippen LogP contribution is -2.42. The summed E-state index contributed by atoms with van der Waals surface area (Å²) in [6.07, 6.45) is 9.35. The number of aryl methyl sites for hydroxylation is 2. The van der Waals surface area contributed by atoms with Crippen molar-refractivity contribution in [1.29, 1.82) is 0 Å². The first-order valence-electron chi connectivity index (χ1n) is 12.4. The second-order valence-electron chi connectivity index (χ2n) is 10.5. The van der Waals surface area contributed by atoms with Crippen LogP contribution in [0.1, 0.15) is 74.1 Å². The maximum atomic E-state index is 13.5. The van der Waals surface area contributed by atoms with Gasteiger partial charge in [-0.05, 0) is 90.7 Å². The Labute approximate surface area is 196 Å². The zero-order valence-electron chi connectivity index (χ0n) is 19.6. The summed E-state index contributed by atoms with van der Waals surface area (Å²) in [6.45, 7) is 4.69. The molecule has 174 valence electrons. The van der Waals surface area contributed by atoms with Crippen LogP contribution in [-0.4, -0.2) is 21.8 Å². The molecule has 1 aromatic heterocycles. The number of rotatable bonds is 5. The molecule has 5 heteroatoms. The molecule has 5 rings (SSSR count). The van der Waals surface area contributed by atoms with Gasteiger partial charge < -0.3 is 10.4 Å². The minimum atomic E-state index is -0.308. The van der Waals surface area contributed by atoms with Crippen molar-refractivity contribution in [3.63, 3.8) is 0 Å². The monoisotopic (exact) mass is 446 g/mol. The van der Waals surface area contributed by atoms with E-state index in [1.54, 1.807) is 12.4 Å². The smallest absolute Gasteiger partial charge is 0.220 e. The highest BCUT2D eigenvalue weighted by Crippen LogP contribution is 2.61. The second kappa shape index (κ2) is 8.58. The van der Waals surface area contributed by atoms with E-state index in [0.717, 1.165) is 49.7 Å². The number of aromatic hydroxyl groups is 1. The van der Waals surface area contributed by atoms with Gasteiger partial charge in [0.1, 0.15) is 11.5 Å². The number of carbonyl (C=O) groups is 2. The Morgan fingerprint density at radius 1 is 1.30 bits per heavy atom. The molecule has 0 radical (unpaired) electrons. The van der Waals surface area contributed by atoms with Crippen molar-refractivity contribution in [3.05, 3.63) is 58.9 Å². The first-order valence-corrected chi connectivity index (χ1v) is 12.4. The molecule has 1 heterocycles. The third-order valence-corrected chi connectivity index (χ3v) is 8.81. The first-order chi connectivity index (χ1) is 15.9. The molecule has 1 aromatic carbocycles. The molecular formula is C28H34N2O3. The number of carbonyl (C=O) groups excluding carboxylic acids is 2. The number of nitrogens with zero attached hydrogens (tertiary/aromatic N) is 1. The van der Waals surface area contributed by atoms with Crippen LogP contribution in [0.25, 0.3) is 0 Å². The van der Waals surface area contributed by atoms with E-state index in [0.29, 0.717) is 35.8 Å². The number of aromatic nitrogens is 1. The molecule has 2 saturated carbocycles. The average Bonchev–Trinajstić information content (AvgIpc) is 3.08. The van der Waals surface area contributed by atoms with E-state index >= 15 is 0 Å². The van der Waals surface area contributed by atoms with Gasteiger partial charge >= 0.3 is 0 Å². The number of fused-ring (bicyclic) bond motifs is 5. The highest BCUT2D eigenvalue weighted by atomic mass is 16.3. The molecule has 5 unspecified atom stereocenters. The molecule has 5 atom stereocenters. The van der Waals surface area contributed by atoms with Gasteiger partial charge in [-0.2, -0.15) is 0 Å². The van der Waals surface area contributed by atoms with Crippen LogP contribution in [0.4, 0.5) is 0 Å². The van der Waals surface area contributed by atoms with Gasteiger partial charge in [-0.3, -0.25) is 14.6 Å². The van der Waals surface area contributed by atoms with Gasteiger partial charge in [-0.15, -0.1) is 0 Å². The summed E-state index contributed by atoms with van der Waals surface area (Å²) in [4.78, 5) is 30.3. The van der Waals surface area contributed by atoms with Crippen molar-refractivity contribution < 1.29 is 14.7 Å². The molecule has 0 saturated heterocycles. The quantitative estimate of drug-likeness (QED) is 0.697. The molecule has 3 aliphatic carbocycles. The molecule has 33 heavy (non-hydrogen) atoms. The van der Waals surface area contributed by atoms with Gasteiger partial charge in [0, 0.05) is 36.7 Å². The molecule has 0 bridgehead atoms. The molecule has 2 N–H and O–H groups in total. The fourth-order valence-electron chi connectivity index (χ4n) is 7.05. The molecule has 3 aliphatic rings. The van der Waals surface area contributed by atoms with Crippen LogP contribution in [0, 0.1) is 23.2 Å². The van der Waals surface area contributed by atoms with Crippen LogP contribution in [0.15, 0.2) is 36.7 Å². The second-order valence-corrected chi connectivity index (χ2v) is 10.5. The van der Waals surface area contributed by atoms with Gasteiger partial charge in [0.25, 0.3) is 0 Å². The lowest BCUT2D eigenvalue weighted by atomic mass is 9.55. The number of amides is 1. The van der Waals surface area contributed by atoms with Gasteiger partial charge in [0.05, 0.1) is 0 Å². The Balaban J connectivity index is 1.31. The summed E-state index contributed by atoms with van der Waals surface area (Å²) in [5.41, 5.74) is 4.36. The lowest BCUT2D eigenvalue weighted by molar-refractivity contribution is -0.134. The number of phenols is 1. The Morgan fingerprint density at radius 3 is 2.91 bits per heavy atom. The van der Waals surface area contributed by atoms with E-state index in [2.05, 4.69) is 30.2 Å². The first kappa shape index (κ1) is 22.1. The largest absolute Gasteiger partial charge is 0.508 e. The summed E-state index contributed by atoms with van der Waals surface area (Å²) in [6, 6.07) is 8.00. The topological polar surface area (TPSA) is 79.3 Å². The number of Topliss-reactive ketones (excluding diaryl/α,β-unsaturated/α-hetero) is 1. The summed E-state index contributed by atoms with van der Waals surface area (Å²) in [5.74, 6) is 1.78. The van der Waals surface area contributed by atoms with Gasteiger partial charge in [0.15, 0.2) is 0 Å². The zero-order valence-corrected chi connectivity index (χ0v) is 19.6. The molecule has 5 nitrogen and oxygen atoms in total. The number of pyridine rings is 1. The van der Waals surface area contributed by atoms with Crippen molar-refractivity contribution in [2.45, 2.75) is 71.3 Å². The van der Waals surface area contributed by atoms with Crippen LogP contribution in [0.3, 0.4) is 0 Å². The van der Waals surface area contributed by atoms with Crippen molar-refractivity contribution in [2.24, 2.45) is 23.2 Å². The van der Waals surface area contributed by atoms with E-state index in [1.165, 1.54) is 11.1 Å². The van der Waals surface area contributed by atoms with Crippen LogP contribution < -0.4 is 5.32 Å². The maximum absolute atomic E-state index is 13.5. The van der Waals surface area contributed by atoms with Gasteiger partial charge in [-0.1, -0.05) is 26.0 Å². The summed E-state index contributed by atoms with van der Waals surface area (Å²) in [7, 11) is 0. The summed E-state index contributed by atoms with van der Waals surface area (Å²) >= 11 is 0. The minimum Gasteiger partial charge on any atom is -0.508 e. The van der Waals surface area contributed by atoms with Crippen molar-refractivity contribution in [1.82, 2.24) is 10.3 Å². The summed E-state index contributed by atoms with van der Waals surface area (Å²) < 4.78 is 0. The van der Waals surface area contributed by atoms with Crippen molar-refractivity contribution in [2.75, 3.05) is 0 Å². The van der Waals surface area contributed by atoms with E-state index in [4.69, 9.17) is 0 Å². The minimum absolute atomic E-state index is 0.0481. The lowest BCUT2D eigenvalue weighted by Gasteiger charge is -2.48. The fraction of sp³-hybridized carbons (Fsp3) is 0.536. The Kier molecular flexibility index (Phi) is 5.75. The molecule has 2 fully saturated rings. The SMILES string of the molecule is CCc1cc2c(cc1O)CCC1C2CCC2(C)C(=O)C(CC(=O)NCc3cccnc3)CC12. The average molecular weight is 447 g/mol. The molecule has 0 aliphatic heterocycles. The highest BCUT2D eigenvalue weighted by molar-refractivity contribution is 5.93. The fourth-order valence-corrected chi connectivity index (χ4v) is 7.05. The normalized spacial score (nSPS) is 30.3. The number of hydrogen-bond acceptors (Lipinski definition) is 4. The number of ketones is 1. The Bertz CT molecular complexity index is 1070. The van der Waals surface area contributed by atoms with Crippen molar-refractivity contribution >= 4 is 11.7 Å². The predicted molar refractivity (Wildman–Crippen MR) is 127 cm³/mol. The van der Waals surface area contributed by atoms with Gasteiger partial charge in [0.2, 0.25) is 5.91 Å². The van der Waals surface area contributed by atoms with Crippen molar-refractivity contribution in [3.8, 4) is 5.75 Å². The standard InChI is InChI=1S/C28H34N2O3/c1-3-18-11-23-19(13-25(18)31)6-7-22-21(23)8-9-28(2)24(22)12-20(27(28)33)14-26(32)30-16-17-5-4-10-29-15-17/h4-5,10-11,13,15,20-22,24,31H,3,6-9,12,14,16H2,1-2H3,(H,30,32). The molecule has 2 aromatic rings. The highest BCUT2D eigenvalue weighted by Gasteiger charge is 2.58. The van der Waals surface area contributed by atoms with Crippen LogP contribution in [-0.2, 0) is 29.0 Å². The van der Waals surface area contributed by atoms with E-state index in [9.17, 15) is 14.7 Å². The number of phenolic OH excluding ortho intramolecular Hbond substituents is 1. The third-order valence-electron chi connectivity index (χ3n) is 8.81. The van der Waals surface area contributed by atoms with Crippen LogP contribution >= 0.6 is 0 Å². The molecule has 1 amide bonds. The molecule has 0 spiro atoms. The van der Waals surface area contributed by atoms with Gasteiger partial charge in [-0.25, -0.2) is 0 Å². The third kappa shape index (κ3) is 3.85.